The molecular formula is C18H20F3N3O2. The molecule has 3 N–H and O–H groups in total. The highest BCUT2D eigenvalue weighted by atomic mass is 19.4. The first-order valence-electron chi connectivity index (χ1n) is 8.82. The Bertz CT molecular complexity index is 724. The number of carbonyl (C=O) groups is 2. The van der Waals surface area contributed by atoms with Gasteiger partial charge in [0, 0.05) is 0 Å². The van der Waals surface area contributed by atoms with E-state index in [4.69, 9.17) is 0 Å². The molecule has 3 fully saturated rings. The fraction of sp³-hybridized carbons (Fsp3) is 0.556. The van der Waals surface area contributed by atoms with E-state index in [9.17, 15) is 22.8 Å². The quantitative estimate of drug-likeness (QED) is 0.763. The van der Waals surface area contributed by atoms with Gasteiger partial charge in [0.15, 0.2) is 0 Å². The number of alkyl halides is 3. The van der Waals surface area contributed by atoms with Gasteiger partial charge in [-0.3, -0.25) is 14.9 Å². The van der Waals surface area contributed by atoms with Gasteiger partial charge in [0.2, 0.25) is 11.8 Å². The topological polar surface area (TPSA) is 70.2 Å². The molecule has 4 rings (SSSR count). The third-order valence-electron chi connectivity index (χ3n) is 5.37. The molecule has 2 saturated carbocycles. The highest BCUT2D eigenvalue weighted by molar-refractivity contribution is 5.90. The van der Waals surface area contributed by atoms with Crippen LogP contribution in [0.3, 0.4) is 0 Å². The summed E-state index contributed by atoms with van der Waals surface area (Å²) >= 11 is 0. The molecule has 1 heterocycles. The van der Waals surface area contributed by atoms with Gasteiger partial charge in [-0.15, -0.1) is 0 Å². The molecule has 1 aromatic carbocycles. The van der Waals surface area contributed by atoms with E-state index in [0.717, 1.165) is 25.0 Å². The van der Waals surface area contributed by atoms with Crippen LogP contribution in [0.5, 0.6) is 0 Å². The molecule has 26 heavy (non-hydrogen) atoms. The fourth-order valence-corrected chi connectivity index (χ4v) is 3.50. The normalized spacial score (nSPS) is 27.6. The smallest absolute Gasteiger partial charge is 0.345 e. The largest absolute Gasteiger partial charge is 0.416 e. The van der Waals surface area contributed by atoms with Crippen LogP contribution in [-0.4, -0.2) is 24.0 Å². The van der Waals surface area contributed by atoms with Crippen molar-refractivity contribution in [1.29, 1.82) is 0 Å². The Morgan fingerprint density at radius 1 is 1.15 bits per heavy atom. The van der Waals surface area contributed by atoms with Crippen LogP contribution in [0.15, 0.2) is 24.3 Å². The molecule has 1 aliphatic heterocycles. The van der Waals surface area contributed by atoms with Gasteiger partial charge in [0.05, 0.1) is 29.7 Å². The molecule has 2 atom stereocenters. The van der Waals surface area contributed by atoms with Gasteiger partial charge in [-0.25, -0.2) is 0 Å². The molecule has 8 heteroatoms. The summed E-state index contributed by atoms with van der Waals surface area (Å²) in [7, 11) is 0. The van der Waals surface area contributed by atoms with Crippen molar-refractivity contribution in [2.45, 2.75) is 56.0 Å². The van der Waals surface area contributed by atoms with Crippen LogP contribution in [0.2, 0.25) is 0 Å². The van der Waals surface area contributed by atoms with Crippen LogP contribution in [-0.2, 0) is 21.3 Å². The van der Waals surface area contributed by atoms with Gasteiger partial charge in [-0.2, -0.15) is 13.2 Å². The zero-order valence-corrected chi connectivity index (χ0v) is 14.0. The van der Waals surface area contributed by atoms with Crippen LogP contribution in [0.1, 0.15) is 43.2 Å². The first-order chi connectivity index (χ1) is 12.3. The number of halogens is 3. The fourth-order valence-electron chi connectivity index (χ4n) is 3.50. The summed E-state index contributed by atoms with van der Waals surface area (Å²) < 4.78 is 38.1. The van der Waals surface area contributed by atoms with Crippen molar-refractivity contribution in [2.24, 2.45) is 5.92 Å². The minimum Gasteiger partial charge on any atom is -0.345 e. The number of amides is 2. The van der Waals surface area contributed by atoms with E-state index in [1.807, 2.05) is 0 Å². The number of hydrogen-bond donors (Lipinski definition) is 3. The molecule has 2 unspecified atom stereocenters. The predicted octanol–water partition coefficient (Wildman–Crippen LogP) is 2.02. The van der Waals surface area contributed by atoms with Gasteiger partial charge in [0.1, 0.15) is 0 Å². The van der Waals surface area contributed by atoms with Crippen molar-refractivity contribution < 1.29 is 22.8 Å². The van der Waals surface area contributed by atoms with E-state index in [-0.39, 0.29) is 24.4 Å². The number of hydrogen-bond acceptors (Lipinski definition) is 3. The summed E-state index contributed by atoms with van der Waals surface area (Å²) in [5.74, 6) is -0.0533. The first kappa shape index (κ1) is 17.3. The van der Waals surface area contributed by atoms with E-state index in [2.05, 4.69) is 16.0 Å². The summed E-state index contributed by atoms with van der Waals surface area (Å²) in [6.45, 7) is 0. The Hall–Kier alpha value is -2.09. The molecule has 0 bridgehead atoms. The van der Waals surface area contributed by atoms with Gasteiger partial charge < -0.3 is 10.6 Å². The second kappa shape index (κ2) is 5.97. The number of rotatable bonds is 4. The Balaban J connectivity index is 1.44. The lowest BCUT2D eigenvalue weighted by atomic mass is 10.0. The minimum absolute atomic E-state index is 0.0676. The predicted molar refractivity (Wildman–Crippen MR) is 86.7 cm³/mol. The Morgan fingerprint density at radius 3 is 2.35 bits per heavy atom. The molecule has 0 radical (unpaired) electrons. The Labute approximate surface area is 148 Å². The van der Waals surface area contributed by atoms with Crippen LogP contribution >= 0.6 is 0 Å². The van der Waals surface area contributed by atoms with Gasteiger partial charge >= 0.3 is 6.18 Å². The molecule has 2 aliphatic carbocycles. The third kappa shape index (κ3) is 3.42. The summed E-state index contributed by atoms with van der Waals surface area (Å²) in [5, 5.41) is 8.99. The zero-order chi connectivity index (χ0) is 18.5. The Kier molecular flexibility index (Phi) is 3.98. The number of benzene rings is 1. The van der Waals surface area contributed by atoms with E-state index < -0.39 is 23.3 Å². The van der Waals surface area contributed by atoms with E-state index in [0.29, 0.717) is 24.3 Å². The Morgan fingerprint density at radius 2 is 1.81 bits per heavy atom. The molecule has 1 saturated heterocycles. The van der Waals surface area contributed by atoms with Gasteiger partial charge in [-0.1, -0.05) is 12.1 Å². The van der Waals surface area contributed by atoms with Crippen LogP contribution < -0.4 is 16.0 Å². The molecule has 0 aromatic heterocycles. The lowest BCUT2D eigenvalue weighted by Crippen LogP contribution is -2.62. The lowest BCUT2D eigenvalue weighted by molar-refractivity contribution is -0.137. The second-order valence-corrected chi connectivity index (χ2v) is 7.45. The summed E-state index contributed by atoms with van der Waals surface area (Å²) in [5.41, 5.74) is -0.662. The average Bonchev–Trinajstić information content (AvgIpc) is 3.48. The maximum absolute atomic E-state index is 12.7. The van der Waals surface area contributed by atoms with Crippen molar-refractivity contribution in [3.63, 3.8) is 0 Å². The maximum atomic E-state index is 12.7. The van der Waals surface area contributed by atoms with Crippen LogP contribution in [0, 0.1) is 5.92 Å². The second-order valence-electron chi connectivity index (χ2n) is 7.45. The van der Waals surface area contributed by atoms with Crippen molar-refractivity contribution >= 4 is 11.8 Å². The van der Waals surface area contributed by atoms with Crippen molar-refractivity contribution in [1.82, 2.24) is 16.0 Å². The molecule has 1 aromatic rings. The summed E-state index contributed by atoms with van der Waals surface area (Å²) in [4.78, 5) is 24.5. The van der Waals surface area contributed by atoms with Crippen molar-refractivity contribution in [3.05, 3.63) is 35.4 Å². The maximum Gasteiger partial charge on any atom is 0.416 e. The monoisotopic (exact) mass is 367 g/mol. The van der Waals surface area contributed by atoms with Crippen LogP contribution in [0.25, 0.3) is 0 Å². The van der Waals surface area contributed by atoms with Crippen molar-refractivity contribution in [3.8, 4) is 0 Å². The molecule has 0 spiro atoms. The third-order valence-corrected chi connectivity index (χ3v) is 5.37. The van der Waals surface area contributed by atoms with Crippen LogP contribution in [0.4, 0.5) is 13.2 Å². The van der Waals surface area contributed by atoms with E-state index in [1.54, 1.807) is 0 Å². The highest BCUT2D eigenvalue weighted by Gasteiger charge is 2.48. The molecule has 140 valence electrons. The standard InChI is InChI=1S/C18H20F3N3O2/c19-18(20,21)12-5-3-11(4-6-12)17(7-8-17)24-16(26)13-9-14(25)23-15(22-13)10-1-2-10/h3-6,10,13,15,22H,1-2,7-9H2,(H,23,25)(H,24,26). The summed E-state index contributed by atoms with van der Waals surface area (Å²) in [6.07, 6.45) is -1.07. The molecule has 2 amide bonds. The van der Waals surface area contributed by atoms with Crippen molar-refractivity contribution in [2.75, 3.05) is 0 Å². The first-order valence-corrected chi connectivity index (χ1v) is 8.82. The minimum atomic E-state index is -4.38. The molecule has 3 aliphatic rings. The van der Waals surface area contributed by atoms with E-state index in [1.165, 1.54) is 12.1 Å². The van der Waals surface area contributed by atoms with Gasteiger partial charge in [0.25, 0.3) is 0 Å². The van der Waals surface area contributed by atoms with Gasteiger partial charge in [-0.05, 0) is 49.3 Å². The zero-order valence-electron chi connectivity index (χ0n) is 14.0. The lowest BCUT2D eigenvalue weighted by Gasteiger charge is -2.32. The molecule has 5 nitrogen and oxygen atoms in total. The van der Waals surface area contributed by atoms with E-state index >= 15 is 0 Å². The number of nitrogens with one attached hydrogen (secondary N) is 3. The average molecular weight is 367 g/mol. The molecular weight excluding hydrogens is 347 g/mol. The summed E-state index contributed by atoms with van der Waals surface area (Å²) in [6, 6.07) is 4.31. The number of carbonyl (C=O) groups excluding carboxylic acids is 2. The SMILES string of the molecule is O=C1CC(C(=O)NC2(c3ccc(C(F)(F)F)cc3)CC2)NC(C2CC2)N1. The highest BCUT2D eigenvalue weighted by Crippen LogP contribution is 2.46.